The van der Waals surface area contributed by atoms with Crippen LogP contribution >= 0.6 is 11.6 Å². The Labute approximate surface area is 161 Å². The highest BCUT2D eigenvalue weighted by Gasteiger charge is 2.12. The van der Waals surface area contributed by atoms with Gasteiger partial charge in [-0.2, -0.15) is 0 Å². The Hall–Kier alpha value is -2.99. The van der Waals surface area contributed by atoms with Gasteiger partial charge < -0.3 is 10.2 Å². The van der Waals surface area contributed by atoms with E-state index >= 15 is 0 Å². The summed E-state index contributed by atoms with van der Waals surface area (Å²) in [5.74, 6) is -0.390. The second kappa shape index (κ2) is 8.60. The van der Waals surface area contributed by atoms with Crippen molar-refractivity contribution in [2.24, 2.45) is 0 Å². The van der Waals surface area contributed by atoms with E-state index in [2.05, 4.69) is 15.3 Å². The van der Waals surface area contributed by atoms with Gasteiger partial charge in [0.25, 0.3) is 5.91 Å². The first kappa shape index (κ1) is 18.8. The van der Waals surface area contributed by atoms with Crippen molar-refractivity contribution in [1.82, 2.24) is 9.97 Å². The van der Waals surface area contributed by atoms with Gasteiger partial charge >= 0.3 is 0 Å². The number of carbonyl (C=O) groups is 1. The molecule has 0 atom stereocenters. The van der Waals surface area contributed by atoms with Gasteiger partial charge in [-0.05, 0) is 30.7 Å². The molecule has 27 heavy (non-hydrogen) atoms. The van der Waals surface area contributed by atoms with Crippen LogP contribution in [0.5, 0.6) is 0 Å². The molecular weight excluding hydrogens is 367 g/mol. The van der Waals surface area contributed by atoms with Crippen molar-refractivity contribution in [3.8, 4) is 0 Å². The number of hydrogen-bond donors (Lipinski definition) is 1. The molecule has 5 nitrogen and oxygen atoms in total. The van der Waals surface area contributed by atoms with Crippen molar-refractivity contribution in [2.45, 2.75) is 13.5 Å². The van der Waals surface area contributed by atoms with E-state index in [4.69, 9.17) is 11.6 Å². The minimum absolute atomic E-state index is 0.0566. The number of nitrogens with zero attached hydrogens (tertiary/aromatic N) is 3. The lowest BCUT2D eigenvalue weighted by molar-refractivity contribution is 0.102. The summed E-state index contributed by atoms with van der Waals surface area (Å²) in [4.78, 5) is 22.9. The minimum Gasteiger partial charge on any atom is -0.337 e. The number of rotatable bonds is 6. The molecule has 3 rings (SSSR count). The Morgan fingerprint density at radius 3 is 2.48 bits per heavy atom. The van der Waals surface area contributed by atoms with E-state index in [0.717, 1.165) is 12.1 Å². The molecule has 0 aliphatic rings. The van der Waals surface area contributed by atoms with Gasteiger partial charge in [0.05, 0.1) is 10.6 Å². The third kappa shape index (κ3) is 4.80. The molecule has 0 spiro atoms. The average molecular weight is 385 g/mol. The highest BCUT2D eigenvalue weighted by molar-refractivity contribution is 6.31. The van der Waals surface area contributed by atoms with Crippen molar-refractivity contribution >= 4 is 29.1 Å². The zero-order chi connectivity index (χ0) is 19.2. The summed E-state index contributed by atoms with van der Waals surface area (Å²) in [7, 11) is 0. The van der Waals surface area contributed by atoms with Crippen molar-refractivity contribution in [3.63, 3.8) is 0 Å². The third-order valence-corrected chi connectivity index (χ3v) is 4.25. The van der Waals surface area contributed by atoms with Gasteiger partial charge in [0.15, 0.2) is 0 Å². The Kier molecular flexibility index (Phi) is 5.98. The van der Waals surface area contributed by atoms with E-state index in [0.29, 0.717) is 23.7 Å². The Balaban J connectivity index is 1.69. The zero-order valence-corrected chi connectivity index (χ0v) is 15.4. The van der Waals surface area contributed by atoms with E-state index < -0.39 is 11.7 Å². The smallest absolute Gasteiger partial charge is 0.258 e. The Morgan fingerprint density at radius 1 is 1.15 bits per heavy atom. The first-order valence-corrected chi connectivity index (χ1v) is 8.82. The number of carbonyl (C=O) groups excluding carboxylic acids is 1. The molecule has 0 radical (unpaired) electrons. The summed E-state index contributed by atoms with van der Waals surface area (Å²) in [5, 5.41) is 2.59. The molecular formula is C20H18ClFN4O. The average Bonchev–Trinajstić information content (AvgIpc) is 2.70. The molecule has 0 bridgehead atoms. The van der Waals surface area contributed by atoms with Crippen LogP contribution in [0.2, 0.25) is 5.02 Å². The summed E-state index contributed by atoms with van der Waals surface area (Å²) < 4.78 is 13.2. The zero-order valence-electron chi connectivity index (χ0n) is 14.7. The van der Waals surface area contributed by atoms with E-state index in [9.17, 15) is 9.18 Å². The van der Waals surface area contributed by atoms with Crippen LogP contribution in [0.3, 0.4) is 0 Å². The number of anilines is 2. The summed E-state index contributed by atoms with van der Waals surface area (Å²) >= 11 is 5.72. The van der Waals surface area contributed by atoms with E-state index in [1.807, 2.05) is 42.2 Å². The number of hydrogen-bond acceptors (Lipinski definition) is 4. The van der Waals surface area contributed by atoms with Gasteiger partial charge in [0.2, 0.25) is 5.95 Å². The molecule has 0 aliphatic carbocycles. The monoisotopic (exact) mass is 384 g/mol. The van der Waals surface area contributed by atoms with Crippen LogP contribution in [-0.2, 0) is 6.54 Å². The van der Waals surface area contributed by atoms with Gasteiger partial charge in [-0.3, -0.25) is 4.79 Å². The maximum absolute atomic E-state index is 13.2. The first-order valence-electron chi connectivity index (χ1n) is 8.44. The number of aromatic nitrogens is 2. The highest BCUT2D eigenvalue weighted by Crippen LogP contribution is 2.20. The molecule has 0 unspecified atom stereocenters. The van der Waals surface area contributed by atoms with Gasteiger partial charge in [-0.1, -0.05) is 41.9 Å². The predicted octanol–water partition coefficient (Wildman–Crippen LogP) is 4.55. The fraction of sp³-hybridized carbons (Fsp3) is 0.150. The van der Waals surface area contributed by atoms with E-state index in [-0.39, 0.29) is 5.02 Å². The van der Waals surface area contributed by atoms with Crippen molar-refractivity contribution < 1.29 is 9.18 Å². The Bertz CT molecular complexity index is 919. The first-order chi connectivity index (χ1) is 13.1. The number of nitrogens with one attached hydrogen (secondary N) is 1. The third-order valence-electron chi connectivity index (χ3n) is 3.96. The van der Waals surface area contributed by atoms with Crippen LogP contribution in [0.25, 0.3) is 0 Å². The molecule has 3 aromatic rings. The lowest BCUT2D eigenvalue weighted by Gasteiger charge is -2.20. The summed E-state index contributed by atoms with van der Waals surface area (Å²) in [6, 6.07) is 14.0. The minimum atomic E-state index is -0.541. The van der Waals surface area contributed by atoms with Crippen LogP contribution in [0.4, 0.5) is 16.0 Å². The molecule has 7 heteroatoms. The SMILES string of the molecule is CCN(Cc1ccccc1)c1ncc(C(=O)Nc2ccc(F)c(Cl)c2)cn1. The van der Waals surface area contributed by atoms with Gasteiger partial charge in [0, 0.05) is 31.2 Å². The topological polar surface area (TPSA) is 58.1 Å². The maximum atomic E-state index is 13.2. The summed E-state index contributed by atoms with van der Waals surface area (Å²) in [6.45, 7) is 3.43. The van der Waals surface area contributed by atoms with Crippen molar-refractivity contribution in [1.29, 1.82) is 0 Å². The van der Waals surface area contributed by atoms with Gasteiger partial charge in [-0.15, -0.1) is 0 Å². The van der Waals surface area contributed by atoms with Gasteiger partial charge in [-0.25, -0.2) is 14.4 Å². The van der Waals surface area contributed by atoms with E-state index in [1.165, 1.54) is 30.6 Å². The molecule has 138 valence electrons. The summed E-state index contributed by atoms with van der Waals surface area (Å²) in [6.07, 6.45) is 2.94. The second-order valence-corrected chi connectivity index (χ2v) is 6.26. The van der Waals surface area contributed by atoms with Gasteiger partial charge in [0.1, 0.15) is 5.82 Å². The largest absolute Gasteiger partial charge is 0.337 e. The fourth-order valence-corrected chi connectivity index (χ4v) is 2.69. The molecule has 0 saturated carbocycles. The van der Waals surface area contributed by atoms with Crippen molar-refractivity contribution in [2.75, 3.05) is 16.8 Å². The fourth-order valence-electron chi connectivity index (χ4n) is 2.51. The van der Waals surface area contributed by atoms with Crippen LogP contribution in [0.15, 0.2) is 60.9 Å². The quantitative estimate of drug-likeness (QED) is 0.677. The lowest BCUT2D eigenvalue weighted by atomic mass is 10.2. The molecule has 0 saturated heterocycles. The molecule has 1 heterocycles. The summed E-state index contributed by atoms with van der Waals surface area (Å²) in [5.41, 5.74) is 1.85. The number of benzene rings is 2. The van der Waals surface area contributed by atoms with Crippen LogP contribution in [0.1, 0.15) is 22.8 Å². The molecule has 2 aromatic carbocycles. The number of amides is 1. The van der Waals surface area contributed by atoms with E-state index in [1.54, 1.807) is 0 Å². The molecule has 0 aliphatic heterocycles. The molecule has 1 amide bonds. The predicted molar refractivity (Wildman–Crippen MR) is 105 cm³/mol. The maximum Gasteiger partial charge on any atom is 0.258 e. The molecule has 1 N–H and O–H groups in total. The molecule has 1 aromatic heterocycles. The highest BCUT2D eigenvalue weighted by atomic mass is 35.5. The normalized spacial score (nSPS) is 10.5. The number of halogens is 2. The standard InChI is InChI=1S/C20H18ClFN4O/c1-2-26(13-14-6-4-3-5-7-14)20-23-11-15(12-24-20)19(27)25-16-8-9-18(22)17(21)10-16/h3-12H,2,13H2,1H3,(H,25,27). The van der Waals surface area contributed by atoms with Crippen LogP contribution in [0, 0.1) is 5.82 Å². The second-order valence-electron chi connectivity index (χ2n) is 5.85. The molecule has 0 fully saturated rings. The Morgan fingerprint density at radius 2 is 1.85 bits per heavy atom. The lowest BCUT2D eigenvalue weighted by Crippen LogP contribution is -2.24. The van der Waals surface area contributed by atoms with Crippen LogP contribution < -0.4 is 10.2 Å². The van der Waals surface area contributed by atoms with Crippen molar-refractivity contribution in [3.05, 3.63) is 82.9 Å². The van der Waals surface area contributed by atoms with Crippen LogP contribution in [-0.4, -0.2) is 22.4 Å².